The third-order valence-electron chi connectivity index (χ3n) is 3.24. The number of hydrogen-bond donors (Lipinski definition) is 0. The fourth-order valence-electron chi connectivity index (χ4n) is 2.22. The molecule has 3 rings (SSSR count). The zero-order valence-corrected chi connectivity index (χ0v) is 11.0. The minimum atomic E-state index is -0.461. The van der Waals surface area contributed by atoms with E-state index in [9.17, 15) is 14.9 Å². The predicted molar refractivity (Wildman–Crippen MR) is 76.9 cm³/mol. The third kappa shape index (κ3) is 2.67. The van der Waals surface area contributed by atoms with Crippen molar-refractivity contribution in [3.05, 3.63) is 75.3 Å². The summed E-state index contributed by atoms with van der Waals surface area (Å²) in [7, 11) is 0. The maximum atomic E-state index is 12.0. The molecule has 0 radical (unpaired) electrons. The van der Waals surface area contributed by atoms with Crippen LogP contribution in [0.25, 0.3) is 6.08 Å². The van der Waals surface area contributed by atoms with Crippen LogP contribution in [0.3, 0.4) is 0 Å². The molecule has 0 N–H and O–H groups in total. The quantitative estimate of drug-likeness (QED) is 0.279. The molecule has 1 aliphatic heterocycles. The van der Waals surface area contributed by atoms with Crippen molar-refractivity contribution in [1.82, 2.24) is 0 Å². The molecule has 0 spiro atoms. The minimum Gasteiger partial charge on any atom is -0.423 e. The summed E-state index contributed by atoms with van der Waals surface area (Å²) >= 11 is 0. The molecule has 2 aromatic carbocycles. The Morgan fingerprint density at radius 2 is 1.90 bits per heavy atom. The second-order valence-corrected chi connectivity index (χ2v) is 4.70. The van der Waals surface area contributed by atoms with Crippen LogP contribution in [0.15, 0.2) is 54.1 Å². The van der Waals surface area contributed by atoms with Gasteiger partial charge in [-0.3, -0.25) is 10.1 Å². The lowest BCUT2D eigenvalue weighted by Gasteiger charge is -2.17. The molecule has 0 atom stereocenters. The minimum absolute atomic E-state index is 0.00856. The number of nitrogens with zero attached hydrogens (tertiary/aromatic N) is 1. The summed E-state index contributed by atoms with van der Waals surface area (Å²) in [5.74, 6) is -0.0315. The molecule has 5 heteroatoms. The first-order valence-corrected chi connectivity index (χ1v) is 6.38. The van der Waals surface area contributed by atoms with E-state index in [2.05, 4.69) is 0 Å². The van der Waals surface area contributed by atoms with Crippen LogP contribution in [-0.2, 0) is 11.2 Å². The van der Waals surface area contributed by atoms with E-state index in [1.807, 2.05) is 30.3 Å². The summed E-state index contributed by atoms with van der Waals surface area (Å²) in [6.45, 7) is 0. The van der Waals surface area contributed by atoms with Crippen molar-refractivity contribution in [2.24, 2.45) is 0 Å². The van der Waals surface area contributed by atoms with Gasteiger partial charge in [0.15, 0.2) is 0 Å². The van der Waals surface area contributed by atoms with Gasteiger partial charge in [0.1, 0.15) is 5.75 Å². The fourth-order valence-corrected chi connectivity index (χ4v) is 2.22. The lowest BCUT2D eigenvalue weighted by molar-refractivity contribution is -0.384. The number of benzene rings is 2. The van der Waals surface area contributed by atoms with Gasteiger partial charge in [0.2, 0.25) is 0 Å². The van der Waals surface area contributed by atoms with Crippen molar-refractivity contribution in [2.75, 3.05) is 0 Å². The number of esters is 1. The summed E-state index contributed by atoms with van der Waals surface area (Å²) in [6.07, 6.45) is 2.06. The van der Waals surface area contributed by atoms with E-state index in [4.69, 9.17) is 4.74 Å². The molecule has 21 heavy (non-hydrogen) atoms. The number of ether oxygens (including phenoxy) is 1. The van der Waals surface area contributed by atoms with E-state index in [0.29, 0.717) is 23.3 Å². The molecule has 5 nitrogen and oxygen atoms in total. The molecular weight excluding hydrogens is 270 g/mol. The molecule has 0 bridgehead atoms. The maximum absolute atomic E-state index is 12.0. The number of nitro groups is 1. The van der Waals surface area contributed by atoms with Crippen LogP contribution in [0.2, 0.25) is 0 Å². The van der Waals surface area contributed by atoms with Gasteiger partial charge in [0, 0.05) is 29.7 Å². The van der Waals surface area contributed by atoms with Gasteiger partial charge in [0.05, 0.1) is 4.92 Å². The molecular formula is C16H11NO4. The second-order valence-electron chi connectivity index (χ2n) is 4.70. The molecule has 0 aromatic heterocycles. The number of fused-ring (bicyclic) bond motifs is 1. The average Bonchev–Trinajstić information content (AvgIpc) is 2.48. The summed E-state index contributed by atoms with van der Waals surface area (Å²) < 4.78 is 5.22. The Balaban J connectivity index is 1.97. The number of carbonyl (C=O) groups excluding carboxylic acids is 1. The molecule has 0 amide bonds. The van der Waals surface area contributed by atoms with Crippen molar-refractivity contribution in [3.8, 4) is 5.75 Å². The van der Waals surface area contributed by atoms with Crippen LogP contribution in [0.5, 0.6) is 5.75 Å². The number of rotatable bonds is 2. The molecule has 104 valence electrons. The van der Waals surface area contributed by atoms with Crippen molar-refractivity contribution < 1.29 is 14.5 Å². The Hall–Kier alpha value is -2.95. The Bertz CT molecular complexity index is 750. The lowest BCUT2D eigenvalue weighted by atomic mass is 9.99. The first-order valence-electron chi connectivity index (χ1n) is 6.38. The molecule has 0 saturated carbocycles. The standard InChI is InChI=1S/C16H11NO4/c18-16-13(8-11-4-2-1-3-5-11)9-12-10-14(17(19)20)6-7-15(12)21-16/h1-8,10H,9H2/b13-8+. The van der Waals surface area contributed by atoms with Gasteiger partial charge >= 0.3 is 5.97 Å². The monoisotopic (exact) mass is 281 g/mol. The molecule has 0 fully saturated rings. The fraction of sp³-hybridized carbons (Fsp3) is 0.0625. The van der Waals surface area contributed by atoms with Gasteiger partial charge in [-0.2, -0.15) is 0 Å². The normalized spacial score (nSPS) is 15.4. The van der Waals surface area contributed by atoms with Crippen LogP contribution in [-0.4, -0.2) is 10.9 Å². The highest BCUT2D eigenvalue weighted by atomic mass is 16.6. The van der Waals surface area contributed by atoms with Gasteiger partial charge in [-0.15, -0.1) is 0 Å². The van der Waals surface area contributed by atoms with Crippen LogP contribution in [0.4, 0.5) is 5.69 Å². The Kier molecular flexibility index (Phi) is 3.23. The van der Waals surface area contributed by atoms with Crippen LogP contribution < -0.4 is 4.74 Å². The first kappa shape index (κ1) is 13.1. The van der Waals surface area contributed by atoms with E-state index in [1.165, 1.54) is 18.2 Å². The van der Waals surface area contributed by atoms with Gasteiger partial charge in [0.25, 0.3) is 5.69 Å². The van der Waals surface area contributed by atoms with Crippen LogP contribution >= 0.6 is 0 Å². The Morgan fingerprint density at radius 1 is 1.14 bits per heavy atom. The highest BCUT2D eigenvalue weighted by Gasteiger charge is 2.24. The summed E-state index contributed by atoms with van der Waals surface area (Å²) in [4.78, 5) is 22.3. The van der Waals surface area contributed by atoms with E-state index >= 15 is 0 Å². The molecule has 1 aliphatic rings. The van der Waals surface area contributed by atoms with Gasteiger partial charge in [-0.05, 0) is 17.7 Å². The SMILES string of the molecule is O=C1Oc2ccc([N+](=O)[O-])cc2C/C1=C\c1ccccc1. The van der Waals surface area contributed by atoms with Crippen molar-refractivity contribution in [2.45, 2.75) is 6.42 Å². The highest BCUT2D eigenvalue weighted by Crippen LogP contribution is 2.31. The Labute approximate surface area is 120 Å². The van der Waals surface area contributed by atoms with Crippen molar-refractivity contribution >= 4 is 17.7 Å². The van der Waals surface area contributed by atoms with Gasteiger partial charge in [-0.25, -0.2) is 4.79 Å². The van der Waals surface area contributed by atoms with Gasteiger partial charge < -0.3 is 4.74 Å². The third-order valence-corrected chi connectivity index (χ3v) is 3.24. The summed E-state index contributed by atoms with van der Waals surface area (Å²) in [5, 5.41) is 10.8. The highest BCUT2D eigenvalue weighted by molar-refractivity contribution is 5.97. The van der Waals surface area contributed by atoms with Crippen LogP contribution in [0, 0.1) is 10.1 Å². The lowest BCUT2D eigenvalue weighted by Crippen LogP contribution is -2.19. The van der Waals surface area contributed by atoms with Crippen molar-refractivity contribution in [1.29, 1.82) is 0 Å². The maximum Gasteiger partial charge on any atom is 0.339 e. The predicted octanol–water partition coefficient (Wildman–Crippen LogP) is 3.14. The number of non-ortho nitro benzene ring substituents is 1. The number of hydrogen-bond acceptors (Lipinski definition) is 4. The van der Waals surface area contributed by atoms with Crippen LogP contribution in [0.1, 0.15) is 11.1 Å². The van der Waals surface area contributed by atoms with E-state index in [1.54, 1.807) is 6.08 Å². The zero-order valence-electron chi connectivity index (χ0n) is 11.0. The zero-order chi connectivity index (χ0) is 14.8. The molecule has 2 aromatic rings. The van der Waals surface area contributed by atoms with Gasteiger partial charge in [-0.1, -0.05) is 30.3 Å². The van der Waals surface area contributed by atoms with E-state index in [-0.39, 0.29) is 5.69 Å². The molecule has 1 heterocycles. The van der Waals surface area contributed by atoms with Crippen molar-refractivity contribution in [3.63, 3.8) is 0 Å². The smallest absolute Gasteiger partial charge is 0.339 e. The molecule has 0 unspecified atom stereocenters. The van der Waals surface area contributed by atoms with E-state index < -0.39 is 10.9 Å². The Morgan fingerprint density at radius 3 is 2.62 bits per heavy atom. The number of nitro benzene ring substituents is 1. The molecule has 0 aliphatic carbocycles. The van der Waals surface area contributed by atoms with E-state index in [0.717, 1.165) is 5.56 Å². The topological polar surface area (TPSA) is 69.4 Å². The summed E-state index contributed by atoms with van der Waals surface area (Å²) in [6, 6.07) is 13.6. The number of carbonyl (C=O) groups is 1. The first-order chi connectivity index (χ1) is 10.1. The summed E-state index contributed by atoms with van der Waals surface area (Å²) in [5.41, 5.74) is 2.00. The largest absolute Gasteiger partial charge is 0.423 e. The molecule has 0 saturated heterocycles. The average molecular weight is 281 g/mol. The second kappa shape index (κ2) is 5.20.